The molecular weight excluding hydrogens is 240 g/mol. The van der Waals surface area contributed by atoms with Crippen LogP contribution in [0.3, 0.4) is 0 Å². The molecule has 0 aliphatic heterocycles. The standard InChI is InChI=1S/C11H10N2O3S/c1-16-6-9-7-17-11(12-9)8-2-4-10(5-3-8)13(14)15/h2-5,7H,6H2,1H3. The Hall–Kier alpha value is -1.79. The van der Waals surface area contributed by atoms with Gasteiger partial charge in [0.25, 0.3) is 5.69 Å². The molecule has 0 spiro atoms. The molecule has 0 saturated carbocycles. The van der Waals surface area contributed by atoms with Gasteiger partial charge in [-0.15, -0.1) is 11.3 Å². The van der Waals surface area contributed by atoms with E-state index in [4.69, 9.17) is 4.74 Å². The van der Waals surface area contributed by atoms with E-state index in [0.717, 1.165) is 16.3 Å². The molecule has 0 amide bonds. The molecule has 1 aromatic heterocycles. The van der Waals surface area contributed by atoms with Crippen LogP contribution in [0.4, 0.5) is 5.69 Å². The molecule has 1 heterocycles. The van der Waals surface area contributed by atoms with Gasteiger partial charge in [0, 0.05) is 30.2 Å². The molecule has 0 aliphatic rings. The number of non-ortho nitro benzene ring substituents is 1. The van der Waals surface area contributed by atoms with Crippen molar-refractivity contribution in [1.29, 1.82) is 0 Å². The van der Waals surface area contributed by atoms with E-state index in [0.29, 0.717) is 6.61 Å². The van der Waals surface area contributed by atoms with Crippen molar-refractivity contribution >= 4 is 17.0 Å². The molecule has 2 rings (SSSR count). The minimum atomic E-state index is -0.415. The predicted octanol–water partition coefficient (Wildman–Crippen LogP) is 2.86. The van der Waals surface area contributed by atoms with Crippen molar-refractivity contribution in [3.63, 3.8) is 0 Å². The van der Waals surface area contributed by atoms with Gasteiger partial charge in [0.15, 0.2) is 0 Å². The molecule has 5 nitrogen and oxygen atoms in total. The number of nitro benzene ring substituents is 1. The van der Waals surface area contributed by atoms with Gasteiger partial charge in [-0.1, -0.05) is 0 Å². The monoisotopic (exact) mass is 250 g/mol. The first-order valence-electron chi connectivity index (χ1n) is 4.89. The number of aromatic nitrogens is 1. The molecule has 0 bridgehead atoms. The third kappa shape index (κ3) is 2.66. The fourth-order valence-corrected chi connectivity index (χ4v) is 2.19. The number of hydrogen-bond acceptors (Lipinski definition) is 5. The SMILES string of the molecule is COCc1csc(-c2ccc([N+](=O)[O-])cc2)n1. The Morgan fingerprint density at radius 3 is 2.71 bits per heavy atom. The smallest absolute Gasteiger partial charge is 0.269 e. The number of methoxy groups -OCH3 is 1. The zero-order valence-corrected chi connectivity index (χ0v) is 9.94. The Kier molecular flexibility index (Phi) is 3.46. The molecule has 0 saturated heterocycles. The Morgan fingerprint density at radius 1 is 1.41 bits per heavy atom. The van der Waals surface area contributed by atoms with Crippen LogP contribution >= 0.6 is 11.3 Å². The first-order valence-corrected chi connectivity index (χ1v) is 5.77. The first-order chi connectivity index (χ1) is 8.20. The number of nitrogens with zero attached hydrogens (tertiary/aromatic N) is 2. The van der Waals surface area contributed by atoms with Gasteiger partial charge >= 0.3 is 0 Å². The van der Waals surface area contributed by atoms with Gasteiger partial charge in [0.05, 0.1) is 17.2 Å². The van der Waals surface area contributed by atoms with Crippen LogP contribution in [0, 0.1) is 10.1 Å². The molecule has 0 N–H and O–H groups in total. The van der Waals surface area contributed by atoms with Crippen molar-refractivity contribution in [2.45, 2.75) is 6.61 Å². The van der Waals surface area contributed by atoms with Crippen LogP contribution in [0.1, 0.15) is 5.69 Å². The van der Waals surface area contributed by atoms with Crippen LogP contribution in [0.25, 0.3) is 10.6 Å². The third-order valence-corrected chi connectivity index (χ3v) is 3.11. The molecule has 17 heavy (non-hydrogen) atoms. The van der Waals surface area contributed by atoms with E-state index in [1.54, 1.807) is 19.2 Å². The van der Waals surface area contributed by atoms with Crippen LogP contribution in [0.5, 0.6) is 0 Å². The van der Waals surface area contributed by atoms with Crippen LogP contribution in [-0.4, -0.2) is 17.0 Å². The van der Waals surface area contributed by atoms with E-state index in [1.807, 2.05) is 5.38 Å². The number of benzene rings is 1. The zero-order chi connectivity index (χ0) is 12.3. The second-order valence-corrected chi connectivity index (χ2v) is 4.24. The summed E-state index contributed by atoms with van der Waals surface area (Å²) in [5, 5.41) is 13.3. The fraction of sp³-hybridized carbons (Fsp3) is 0.182. The molecular formula is C11H10N2O3S. The summed E-state index contributed by atoms with van der Waals surface area (Å²) in [5.41, 5.74) is 1.83. The van der Waals surface area contributed by atoms with E-state index < -0.39 is 4.92 Å². The lowest BCUT2D eigenvalue weighted by molar-refractivity contribution is -0.384. The number of ether oxygens (including phenoxy) is 1. The highest BCUT2D eigenvalue weighted by Gasteiger charge is 2.08. The van der Waals surface area contributed by atoms with Gasteiger partial charge in [-0.05, 0) is 12.1 Å². The molecule has 6 heteroatoms. The van der Waals surface area contributed by atoms with Crippen molar-refractivity contribution in [3.8, 4) is 10.6 Å². The summed E-state index contributed by atoms with van der Waals surface area (Å²) in [7, 11) is 1.62. The van der Waals surface area contributed by atoms with E-state index in [2.05, 4.69) is 4.98 Å². The Bertz CT molecular complexity index is 522. The maximum absolute atomic E-state index is 10.5. The van der Waals surface area contributed by atoms with Crippen molar-refractivity contribution in [1.82, 2.24) is 4.98 Å². The maximum Gasteiger partial charge on any atom is 0.269 e. The molecule has 0 unspecified atom stereocenters. The highest BCUT2D eigenvalue weighted by atomic mass is 32.1. The van der Waals surface area contributed by atoms with Crippen LogP contribution in [0.15, 0.2) is 29.6 Å². The predicted molar refractivity (Wildman–Crippen MR) is 64.9 cm³/mol. The van der Waals surface area contributed by atoms with Gasteiger partial charge in [-0.25, -0.2) is 4.98 Å². The van der Waals surface area contributed by atoms with Gasteiger partial charge in [-0.2, -0.15) is 0 Å². The first kappa shape index (κ1) is 11.7. The van der Waals surface area contributed by atoms with Gasteiger partial charge in [0.1, 0.15) is 5.01 Å². The minimum Gasteiger partial charge on any atom is -0.378 e. The molecule has 0 atom stereocenters. The summed E-state index contributed by atoms with van der Waals surface area (Å²) in [5.74, 6) is 0. The lowest BCUT2D eigenvalue weighted by Gasteiger charge is -1.96. The largest absolute Gasteiger partial charge is 0.378 e. The number of thiazole rings is 1. The lowest BCUT2D eigenvalue weighted by Crippen LogP contribution is -1.88. The van der Waals surface area contributed by atoms with E-state index in [-0.39, 0.29) is 5.69 Å². The molecule has 1 aromatic carbocycles. The van der Waals surface area contributed by atoms with Crippen molar-refractivity contribution in [2.24, 2.45) is 0 Å². The highest BCUT2D eigenvalue weighted by molar-refractivity contribution is 7.13. The fourth-order valence-electron chi connectivity index (χ4n) is 1.38. The van der Waals surface area contributed by atoms with Crippen LogP contribution in [-0.2, 0) is 11.3 Å². The summed E-state index contributed by atoms with van der Waals surface area (Å²) >= 11 is 1.50. The number of nitro groups is 1. The average molecular weight is 250 g/mol. The molecule has 0 fully saturated rings. The molecule has 88 valence electrons. The summed E-state index contributed by atoms with van der Waals surface area (Å²) in [6.07, 6.45) is 0. The van der Waals surface area contributed by atoms with Crippen LogP contribution in [0.2, 0.25) is 0 Å². The lowest BCUT2D eigenvalue weighted by atomic mass is 10.2. The highest BCUT2D eigenvalue weighted by Crippen LogP contribution is 2.25. The molecule has 0 radical (unpaired) electrons. The number of rotatable bonds is 4. The summed E-state index contributed by atoms with van der Waals surface area (Å²) < 4.78 is 4.98. The minimum absolute atomic E-state index is 0.0856. The summed E-state index contributed by atoms with van der Waals surface area (Å²) in [6, 6.07) is 6.36. The van der Waals surface area contributed by atoms with Crippen molar-refractivity contribution in [2.75, 3.05) is 7.11 Å². The Balaban J connectivity index is 2.23. The van der Waals surface area contributed by atoms with Crippen molar-refractivity contribution in [3.05, 3.63) is 45.5 Å². The zero-order valence-electron chi connectivity index (χ0n) is 9.12. The van der Waals surface area contributed by atoms with Gasteiger partial charge in [-0.3, -0.25) is 10.1 Å². The van der Waals surface area contributed by atoms with Crippen molar-refractivity contribution < 1.29 is 9.66 Å². The maximum atomic E-state index is 10.5. The second kappa shape index (κ2) is 5.03. The van der Waals surface area contributed by atoms with Crippen LogP contribution < -0.4 is 0 Å². The van der Waals surface area contributed by atoms with Gasteiger partial charge in [0.2, 0.25) is 0 Å². The van der Waals surface area contributed by atoms with E-state index in [1.165, 1.54) is 23.5 Å². The Labute approximate surface area is 102 Å². The number of hydrogen-bond donors (Lipinski definition) is 0. The summed E-state index contributed by atoms with van der Waals surface area (Å²) in [4.78, 5) is 14.5. The molecule has 0 aliphatic carbocycles. The van der Waals surface area contributed by atoms with E-state index in [9.17, 15) is 10.1 Å². The average Bonchev–Trinajstić information content (AvgIpc) is 2.78. The van der Waals surface area contributed by atoms with E-state index >= 15 is 0 Å². The van der Waals surface area contributed by atoms with Gasteiger partial charge < -0.3 is 4.74 Å². The normalized spacial score (nSPS) is 10.4. The second-order valence-electron chi connectivity index (χ2n) is 3.38. The quantitative estimate of drug-likeness (QED) is 0.618. The Morgan fingerprint density at radius 2 is 2.12 bits per heavy atom. The topological polar surface area (TPSA) is 65.3 Å². The summed E-state index contributed by atoms with van der Waals surface area (Å²) in [6.45, 7) is 0.476. The third-order valence-electron chi connectivity index (χ3n) is 2.17. The molecule has 2 aromatic rings.